The molecule has 0 saturated heterocycles. The van der Waals surface area contributed by atoms with Crippen LogP contribution in [0.15, 0.2) is 42.5 Å². The number of aliphatic hydroxyl groups is 1. The highest BCUT2D eigenvalue weighted by atomic mass is 35.5. The van der Waals surface area contributed by atoms with Crippen LogP contribution in [0.5, 0.6) is 0 Å². The van der Waals surface area contributed by atoms with E-state index >= 15 is 8.78 Å². The number of alkyl halides is 5. The number of halogens is 8. The molecule has 1 aliphatic carbocycles. The number of hydrogen-bond donors (Lipinski definition) is 4. The van der Waals surface area contributed by atoms with E-state index < -0.39 is 93.6 Å². The molecule has 0 bridgehead atoms. The number of nitrogens with one attached hydrogen (secondary N) is 3. The van der Waals surface area contributed by atoms with Crippen LogP contribution in [0.2, 0.25) is 5.02 Å². The van der Waals surface area contributed by atoms with Gasteiger partial charge in [0, 0.05) is 29.2 Å². The van der Waals surface area contributed by atoms with Crippen molar-refractivity contribution in [3.05, 3.63) is 93.0 Å². The van der Waals surface area contributed by atoms with Crippen LogP contribution >= 0.6 is 11.6 Å². The van der Waals surface area contributed by atoms with E-state index in [1.54, 1.807) is 0 Å². The van der Waals surface area contributed by atoms with Gasteiger partial charge in [-0.3, -0.25) is 19.3 Å². The third kappa shape index (κ3) is 8.61. The zero-order valence-electron chi connectivity index (χ0n) is 29.7. The van der Waals surface area contributed by atoms with Crippen molar-refractivity contribution in [1.29, 1.82) is 0 Å². The van der Waals surface area contributed by atoms with Gasteiger partial charge in [-0.25, -0.2) is 22.2 Å². The quantitative estimate of drug-likeness (QED) is 0.0926. The van der Waals surface area contributed by atoms with Crippen molar-refractivity contribution in [3.63, 3.8) is 0 Å². The van der Waals surface area contributed by atoms with Crippen molar-refractivity contribution in [2.75, 3.05) is 11.0 Å². The van der Waals surface area contributed by atoms with E-state index in [0.29, 0.717) is 10.7 Å². The van der Waals surface area contributed by atoms with Crippen LogP contribution in [0.1, 0.15) is 73.1 Å². The summed E-state index contributed by atoms with van der Waals surface area (Å²) >= 11 is 6.47. The molecule has 3 heterocycles. The van der Waals surface area contributed by atoms with Gasteiger partial charge in [-0.1, -0.05) is 30.5 Å². The van der Waals surface area contributed by atoms with Gasteiger partial charge >= 0.3 is 6.18 Å². The fourth-order valence-electron chi connectivity index (χ4n) is 6.61. The Kier molecular flexibility index (Phi) is 10.4. The number of amides is 1. The number of rotatable bonds is 9. The molecule has 1 aliphatic rings. The molecule has 0 saturated carbocycles. The SMILES string of the molecule is C[C@H]1CC(F)(F)c2c1c(C(F)(F)F)nn2CC(=O)NC(Cc1cc(F)cc(F)c1)c1nc(C#CC(C)(C)O)ccc1-c1ccc(Cl)c2c(NS(C)(=O)=O)n[nH]c12. The molecular formula is C36H31ClF7N7O4S. The number of hydrogen-bond acceptors (Lipinski definition) is 7. The van der Waals surface area contributed by atoms with Crippen LogP contribution in [-0.2, 0) is 39.9 Å². The minimum Gasteiger partial charge on any atom is -0.378 e. The molecule has 4 N–H and O–H groups in total. The van der Waals surface area contributed by atoms with Crippen LogP contribution < -0.4 is 10.0 Å². The highest BCUT2D eigenvalue weighted by Gasteiger charge is 2.53. The van der Waals surface area contributed by atoms with Crippen LogP contribution in [-0.4, -0.2) is 56.3 Å². The van der Waals surface area contributed by atoms with Gasteiger partial charge in [0.2, 0.25) is 15.9 Å². The number of pyridine rings is 1. The second-order valence-electron chi connectivity index (χ2n) is 13.9. The van der Waals surface area contributed by atoms with Crippen LogP contribution in [0.4, 0.5) is 36.6 Å². The highest BCUT2D eigenvalue weighted by molar-refractivity contribution is 7.92. The Hall–Kier alpha value is -5.19. The van der Waals surface area contributed by atoms with E-state index in [2.05, 4.69) is 42.2 Å². The van der Waals surface area contributed by atoms with Crippen molar-refractivity contribution in [3.8, 4) is 23.0 Å². The Labute approximate surface area is 319 Å². The number of benzene rings is 2. The molecule has 11 nitrogen and oxygen atoms in total. The molecule has 3 aromatic heterocycles. The Morgan fingerprint density at radius 1 is 1.12 bits per heavy atom. The summed E-state index contributed by atoms with van der Waals surface area (Å²) in [5, 5.41) is 23.2. The standard InChI is InChI=1S/C36H31ClF7N7O4S/c1-17-15-35(40,41)32-27(17)31(36(42,43)44)49-51(32)16-26(52)46-25(13-18-11-19(38)14-20(39)12-18)29-22(6-5-21(45-29)9-10-34(2,3)53)23-7-8-24(37)28-30(23)47-48-33(28)50-56(4,54)55/h5-8,11-12,14,17,25,53H,13,15-16H2,1-4H3,(H,46,52)(H2,47,48,50)/t17-,25?/m0/s1. The predicted molar refractivity (Wildman–Crippen MR) is 191 cm³/mol. The molecule has 5 aromatic rings. The molecule has 2 aromatic carbocycles. The lowest BCUT2D eigenvalue weighted by Gasteiger charge is -2.23. The smallest absolute Gasteiger partial charge is 0.378 e. The summed E-state index contributed by atoms with van der Waals surface area (Å²) in [6.07, 6.45) is -5.57. The molecule has 0 aliphatic heterocycles. The topological polar surface area (TPSA) is 155 Å². The first-order valence-electron chi connectivity index (χ1n) is 16.6. The number of nitrogens with zero attached hydrogens (tertiary/aromatic N) is 4. The average molecular weight is 826 g/mol. The van der Waals surface area contributed by atoms with Gasteiger partial charge in [0.05, 0.1) is 33.9 Å². The van der Waals surface area contributed by atoms with Crippen molar-refractivity contribution in [2.45, 2.75) is 69.8 Å². The second-order valence-corrected chi connectivity index (χ2v) is 16.1. The number of carbonyl (C=O) groups excluding carboxylic acids is 1. The Balaban J connectivity index is 1.52. The Morgan fingerprint density at radius 3 is 2.41 bits per heavy atom. The van der Waals surface area contributed by atoms with Gasteiger partial charge in [0.25, 0.3) is 5.92 Å². The van der Waals surface area contributed by atoms with E-state index in [1.165, 1.54) is 45.0 Å². The molecule has 0 radical (unpaired) electrons. The third-order valence-corrected chi connectivity index (χ3v) is 9.52. The molecule has 1 amide bonds. The lowest BCUT2D eigenvalue weighted by molar-refractivity contribution is -0.142. The maximum Gasteiger partial charge on any atom is 0.435 e. The molecule has 0 fully saturated rings. The van der Waals surface area contributed by atoms with Crippen LogP contribution in [0.3, 0.4) is 0 Å². The molecule has 20 heteroatoms. The summed E-state index contributed by atoms with van der Waals surface area (Å²) in [6, 6.07) is 7.00. The maximum absolute atomic E-state index is 15.2. The molecule has 1 unspecified atom stereocenters. The maximum atomic E-state index is 15.2. The average Bonchev–Trinajstić information content (AvgIpc) is 3.71. The van der Waals surface area contributed by atoms with E-state index in [4.69, 9.17) is 11.6 Å². The second kappa shape index (κ2) is 14.4. The Bertz CT molecular complexity index is 2540. The number of sulfonamides is 1. The molecule has 56 heavy (non-hydrogen) atoms. The lowest BCUT2D eigenvalue weighted by atomic mass is 9.93. The first kappa shape index (κ1) is 40.5. The van der Waals surface area contributed by atoms with Gasteiger partial charge in [0.1, 0.15) is 35.2 Å². The zero-order chi connectivity index (χ0) is 41.1. The van der Waals surface area contributed by atoms with E-state index in [0.717, 1.165) is 18.4 Å². The normalized spacial score (nSPS) is 16.0. The summed E-state index contributed by atoms with van der Waals surface area (Å²) in [7, 11) is -3.84. The summed E-state index contributed by atoms with van der Waals surface area (Å²) in [5.41, 5.74) is -4.23. The largest absolute Gasteiger partial charge is 0.435 e. The number of aromatic amines is 1. The molecule has 0 spiro atoms. The molecule has 2 atom stereocenters. The molecular weight excluding hydrogens is 795 g/mol. The lowest BCUT2D eigenvalue weighted by Crippen LogP contribution is -2.35. The molecule has 6 rings (SSSR count). The summed E-state index contributed by atoms with van der Waals surface area (Å²) in [5.74, 6) is -2.91. The van der Waals surface area contributed by atoms with Crippen molar-refractivity contribution < 1.29 is 49.1 Å². The monoisotopic (exact) mass is 825 g/mol. The number of fused-ring (bicyclic) bond motifs is 2. The number of anilines is 1. The number of carbonyl (C=O) groups is 1. The van der Waals surface area contributed by atoms with Crippen LogP contribution in [0.25, 0.3) is 22.0 Å². The van der Waals surface area contributed by atoms with Crippen molar-refractivity contribution in [1.82, 2.24) is 30.3 Å². The Morgan fingerprint density at radius 2 is 1.79 bits per heavy atom. The van der Waals surface area contributed by atoms with Crippen molar-refractivity contribution >= 4 is 44.3 Å². The first-order chi connectivity index (χ1) is 25.9. The van der Waals surface area contributed by atoms with Gasteiger partial charge < -0.3 is 10.4 Å². The fraction of sp³-hybridized carbons (Fsp3) is 0.333. The fourth-order valence-corrected chi connectivity index (χ4v) is 7.36. The van der Waals surface area contributed by atoms with Gasteiger partial charge in [-0.2, -0.15) is 32.1 Å². The minimum absolute atomic E-state index is 0.0179. The summed E-state index contributed by atoms with van der Waals surface area (Å²) in [4.78, 5) is 18.4. The van der Waals surface area contributed by atoms with E-state index in [1.807, 2.05) is 0 Å². The van der Waals surface area contributed by atoms with Gasteiger partial charge in [-0.05, 0) is 68.0 Å². The highest BCUT2D eigenvalue weighted by Crippen LogP contribution is 2.52. The van der Waals surface area contributed by atoms with E-state index in [9.17, 15) is 40.3 Å². The first-order valence-corrected chi connectivity index (χ1v) is 18.9. The summed E-state index contributed by atoms with van der Waals surface area (Å²) < 4.78 is 128. The van der Waals surface area contributed by atoms with Crippen LogP contribution in [0, 0.1) is 23.5 Å². The number of aromatic nitrogens is 5. The summed E-state index contributed by atoms with van der Waals surface area (Å²) in [6.45, 7) is 2.89. The zero-order valence-corrected chi connectivity index (χ0v) is 31.3. The van der Waals surface area contributed by atoms with Gasteiger partial charge in [0.15, 0.2) is 11.5 Å². The van der Waals surface area contributed by atoms with E-state index in [-0.39, 0.29) is 49.8 Å². The predicted octanol–water partition coefficient (Wildman–Crippen LogP) is 6.96. The minimum atomic E-state index is -5.11. The van der Waals surface area contributed by atoms with Crippen molar-refractivity contribution in [2.24, 2.45) is 0 Å². The number of H-pyrrole nitrogens is 1. The van der Waals surface area contributed by atoms with Gasteiger partial charge in [-0.15, -0.1) is 0 Å². The third-order valence-electron chi connectivity index (χ3n) is 8.64. The molecule has 296 valence electrons.